The minimum absolute atomic E-state index is 0.0296. The van der Waals surface area contributed by atoms with Crippen molar-refractivity contribution in [3.05, 3.63) is 73.5 Å². The van der Waals surface area contributed by atoms with Crippen LogP contribution in [0.2, 0.25) is 0 Å². The lowest BCUT2D eigenvalue weighted by molar-refractivity contribution is -0.133. The summed E-state index contributed by atoms with van der Waals surface area (Å²) in [7, 11) is 0. The molecular weight excluding hydrogens is 480 g/mol. The van der Waals surface area contributed by atoms with Gasteiger partial charge in [-0.2, -0.15) is 0 Å². The van der Waals surface area contributed by atoms with E-state index in [0.717, 1.165) is 60.1 Å². The molecule has 7 rings (SSSR count). The van der Waals surface area contributed by atoms with Crippen LogP contribution in [0.4, 0.5) is 0 Å². The molecule has 1 aliphatic carbocycles. The van der Waals surface area contributed by atoms with Crippen molar-refractivity contribution in [3.8, 4) is 5.75 Å². The molecule has 0 radical (unpaired) electrons. The molecule has 1 amide bonds. The Morgan fingerprint density at radius 3 is 2.74 bits per heavy atom. The van der Waals surface area contributed by atoms with Gasteiger partial charge in [0.05, 0.1) is 12.0 Å². The van der Waals surface area contributed by atoms with Gasteiger partial charge >= 0.3 is 5.63 Å². The maximum atomic E-state index is 13.5. The van der Waals surface area contributed by atoms with Crippen LogP contribution in [-0.4, -0.2) is 34.1 Å². The molecule has 5 heterocycles. The molecular formula is C31H34N2O5. The van der Waals surface area contributed by atoms with E-state index in [-0.39, 0.29) is 35.3 Å². The number of ether oxygens (including phenoxy) is 1. The standard InChI is InChI=1S/C31H34N2O5/c1-19-23-13-21-8-11-31(9-3-2-4-10-31)38-26(21)15-27(23)37-30(36)24(19)14-29(35)32-16-20-12-22(18-32)25-6-5-7-28(34)33(25)17-20/h5-7,13,15,20,22H,2-4,8-12,14,16-18H2,1H3/t20-,22-/m0/s1. The Morgan fingerprint density at radius 1 is 1.05 bits per heavy atom. The van der Waals surface area contributed by atoms with Crippen molar-refractivity contribution in [2.24, 2.45) is 5.92 Å². The number of carbonyl (C=O) groups excluding carboxylic acids is 1. The molecule has 1 aromatic carbocycles. The van der Waals surface area contributed by atoms with Crippen LogP contribution < -0.4 is 15.9 Å². The van der Waals surface area contributed by atoms with Gasteiger partial charge in [0.15, 0.2) is 0 Å². The third kappa shape index (κ3) is 3.89. The number of aryl methyl sites for hydroxylation is 2. The zero-order chi connectivity index (χ0) is 26.0. The fraction of sp³-hybridized carbons (Fsp3) is 0.516. The number of pyridine rings is 1. The number of fused-ring (bicyclic) bond motifs is 6. The lowest BCUT2D eigenvalue weighted by Gasteiger charge is -2.42. The molecule has 3 aromatic rings. The van der Waals surface area contributed by atoms with E-state index >= 15 is 0 Å². The second-order valence-corrected chi connectivity index (χ2v) is 12.0. The van der Waals surface area contributed by atoms with Crippen LogP contribution in [0.3, 0.4) is 0 Å². The summed E-state index contributed by atoms with van der Waals surface area (Å²) in [6, 6.07) is 9.40. The third-order valence-corrected chi connectivity index (χ3v) is 9.57. The van der Waals surface area contributed by atoms with Crippen LogP contribution in [0.15, 0.2) is 44.3 Å². The fourth-order valence-electron chi connectivity index (χ4n) is 7.51. The van der Waals surface area contributed by atoms with E-state index in [0.29, 0.717) is 30.8 Å². The van der Waals surface area contributed by atoms with Crippen molar-refractivity contribution < 1.29 is 13.9 Å². The van der Waals surface area contributed by atoms with Crippen LogP contribution in [0, 0.1) is 12.8 Å². The number of rotatable bonds is 2. The normalized spacial score (nSPS) is 23.6. The number of nitrogens with zero attached hydrogens (tertiary/aromatic N) is 2. The van der Waals surface area contributed by atoms with Crippen LogP contribution in [0.25, 0.3) is 11.0 Å². The van der Waals surface area contributed by atoms with E-state index in [1.807, 2.05) is 28.5 Å². The highest BCUT2D eigenvalue weighted by Gasteiger charge is 2.38. The largest absolute Gasteiger partial charge is 0.487 e. The van der Waals surface area contributed by atoms with Gasteiger partial charge < -0.3 is 18.6 Å². The number of hydrogen-bond acceptors (Lipinski definition) is 5. The Bertz CT molecular complexity index is 1560. The van der Waals surface area contributed by atoms with Crippen molar-refractivity contribution in [1.29, 1.82) is 0 Å². The highest BCUT2D eigenvalue weighted by molar-refractivity contribution is 5.86. The SMILES string of the molecule is Cc1c(CC(=O)N2C[C@@H]3C[C@@H](C2)c2cccc(=O)n2C3)c(=O)oc2cc3c(cc12)CCC1(CCCCC1)O3. The molecule has 2 atom stereocenters. The van der Waals surface area contributed by atoms with Crippen molar-refractivity contribution in [3.63, 3.8) is 0 Å². The summed E-state index contributed by atoms with van der Waals surface area (Å²) in [4.78, 5) is 40.8. The molecule has 1 saturated carbocycles. The monoisotopic (exact) mass is 514 g/mol. The number of likely N-dealkylation sites (tertiary alicyclic amines) is 1. The first-order valence-electron chi connectivity index (χ1n) is 14.1. The summed E-state index contributed by atoms with van der Waals surface area (Å²) >= 11 is 0. The molecule has 7 nitrogen and oxygen atoms in total. The quantitative estimate of drug-likeness (QED) is 0.471. The molecule has 1 saturated heterocycles. The van der Waals surface area contributed by atoms with Crippen LogP contribution in [-0.2, 0) is 24.2 Å². The first-order chi connectivity index (χ1) is 18.4. The number of aromatic nitrogens is 1. The molecule has 38 heavy (non-hydrogen) atoms. The van der Waals surface area contributed by atoms with E-state index in [4.69, 9.17) is 9.15 Å². The molecule has 3 aliphatic heterocycles. The molecule has 2 aromatic heterocycles. The zero-order valence-electron chi connectivity index (χ0n) is 22.0. The molecule has 0 unspecified atom stereocenters. The summed E-state index contributed by atoms with van der Waals surface area (Å²) in [6.07, 6.45) is 8.87. The number of hydrogen-bond donors (Lipinski definition) is 0. The van der Waals surface area contributed by atoms with E-state index in [1.165, 1.54) is 19.3 Å². The van der Waals surface area contributed by atoms with Gasteiger partial charge in [0.1, 0.15) is 16.9 Å². The zero-order valence-corrected chi connectivity index (χ0v) is 22.0. The van der Waals surface area contributed by atoms with E-state index in [1.54, 1.807) is 12.1 Å². The van der Waals surface area contributed by atoms with Gasteiger partial charge in [-0.25, -0.2) is 4.79 Å². The van der Waals surface area contributed by atoms with Gasteiger partial charge in [-0.1, -0.05) is 12.5 Å². The Kier molecular flexibility index (Phi) is 5.53. The topological polar surface area (TPSA) is 81.8 Å². The lowest BCUT2D eigenvalue weighted by atomic mass is 9.79. The molecule has 4 aliphatic rings. The van der Waals surface area contributed by atoms with Crippen molar-refractivity contribution in [2.75, 3.05) is 13.1 Å². The molecule has 198 valence electrons. The van der Waals surface area contributed by atoms with Gasteiger partial charge in [-0.15, -0.1) is 0 Å². The average molecular weight is 515 g/mol. The Labute approximate surface area is 221 Å². The van der Waals surface area contributed by atoms with Gasteiger partial charge in [0.25, 0.3) is 5.56 Å². The average Bonchev–Trinajstić information content (AvgIpc) is 2.91. The maximum Gasteiger partial charge on any atom is 0.340 e. The van der Waals surface area contributed by atoms with Crippen LogP contribution in [0.5, 0.6) is 5.75 Å². The molecule has 0 N–H and O–H groups in total. The Hall–Kier alpha value is -3.35. The number of piperidine rings is 1. The summed E-state index contributed by atoms with van der Waals surface area (Å²) in [5, 5.41) is 0.887. The van der Waals surface area contributed by atoms with Gasteiger partial charge in [0.2, 0.25) is 5.91 Å². The van der Waals surface area contributed by atoms with Crippen molar-refractivity contribution in [2.45, 2.75) is 82.8 Å². The van der Waals surface area contributed by atoms with Gasteiger partial charge in [0, 0.05) is 48.8 Å². The highest BCUT2D eigenvalue weighted by Crippen LogP contribution is 2.43. The summed E-state index contributed by atoms with van der Waals surface area (Å²) < 4.78 is 14.2. The first-order valence-corrected chi connectivity index (χ1v) is 14.1. The van der Waals surface area contributed by atoms with Crippen LogP contribution >= 0.6 is 0 Å². The molecule has 2 bridgehead atoms. The summed E-state index contributed by atoms with van der Waals surface area (Å²) in [5.74, 6) is 1.19. The molecule has 2 fully saturated rings. The lowest BCUT2D eigenvalue weighted by Crippen LogP contribution is -2.49. The van der Waals surface area contributed by atoms with E-state index in [2.05, 4.69) is 6.07 Å². The first kappa shape index (κ1) is 23.7. The number of amides is 1. The summed E-state index contributed by atoms with van der Waals surface area (Å²) in [5.41, 5.74) is 3.47. The highest BCUT2D eigenvalue weighted by atomic mass is 16.5. The molecule has 1 spiro atoms. The minimum atomic E-state index is -0.444. The number of carbonyl (C=O) groups is 1. The Balaban J connectivity index is 1.15. The second kappa shape index (κ2) is 8.85. The van der Waals surface area contributed by atoms with Crippen LogP contribution in [0.1, 0.15) is 73.2 Å². The van der Waals surface area contributed by atoms with Gasteiger partial charge in [-0.3, -0.25) is 9.59 Å². The van der Waals surface area contributed by atoms with Crippen molar-refractivity contribution in [1.82, 2.24) is 9.47 Å². The van der Waals surface area contributed by atoms with E-state index < -0.39 is 5.63 Å². The minimum Gasteiger partial charge on any atom is -0.487 e. The van der Waals surface area contributed by atoms with E-state index in [9.17, 15) is 14.4 Å². The second-order valence-electron chi connectivity index (χ2n) is 12.0. The smallest absolute Gasteiger partial charge is 0.340 e. The predicted molar refractivity (Wildman–Crippen MR) is 144 cm³/mol. The maximum absolute atomic E-state index is 13.5. The molecule has 7 heteroatoms. The third-order valence-electron chi connectivity index (χ3n) is 9.57. The fourth-order valence-corrected chi connectivity index (χ4v) is 7.51. The summed E-state index contributed by atoms with van der Waals surface area (Å²) in [6.45, 7) is 3.75. The predicted octanol–water partition coefficient (Wildman–Crippen LogP) is 4.48. The van der Waals surface area contributed by atoms with Gasteiger partial charge in [-0.05, 0) is 81.0 Å². The van der Waals surface area contributed by atoms with Crippen molar-refractivity contribution >= 4 is 16.9 Å². The Morgan fingerprint density at radius 2 is 1.89 bits per heavy atom. The number of benzene rings is 1.